The Morgan fingerprint density at radius 2 is 2.13 bits per heavy atom. The van der Waals surface area contributed by atoms with Gasteiger partial charge in [-0.1, -0.05) is 24.3 Å². The van der Waals surface area contributed by atoms with E-state index >= 15 is 0 Å². The van der Waals surface area contributed by atoms with Crippen molar-refractivity contribution < 1.29 is 14.6 Å². The fourth-order valence-corrected chi connectivity index (χ4v) is 1.17. The Hall–Kier alpha value is -1.77. The lowest BCUT2D eigenvalue weighted by Gasteiger charge is -2.00. The van der Waals surface area contributed by atoms with Crippen LogP contribution in [0, 0.1) is 13.8 Å². The van der Waals surface area contributed by atoms with Crippen molar-refractivity contribution in [2.24, 2.45) is 0 Å². The van der Waals surface area contributed by atoms with E-state index in [0.717, 1.165) is 5.56 Å². The summed E-state index contributed by atoms with van der Waals surface area (Å²) >= 11 is 0. The number of hydrogen-bond acceptors (Lipinski definition) is 2. The van der Waals surface area contributed by atoms with Gasteiger partial charge in [-0.25, -0.2) is 4.79 Å². The third-order valence-corrected chi connectivity index (χ3v) is 2.14. The summed E-state index contributed by atoms with van der Waals surface area (Å²) in [7, 11) is 0. The summed E-state index contributed by atoms with van der Waals surface area (Å²) in [6.07, 6.45) is 2.27. The molecule has 3 heteroatoms. The molecule has 0 atom stereocenters. The van der Waals surface area contributed by atoms with Gasteiger partial charge in [0.05, 0.1) is 0 Å². The van der Waals surface area contributed by atoms with E-state index in [0.29, 0.717) is 0 Å². The number of hydrogen-bond donors (Lipinski definition) is 1. The van der Waals surface area contributed by atoms with E-state index in [4.69, 9.17) is 5.11 Å². The maximum Gasteiger partial charge on any atom is 0.506 e. The van der Waals surface area contributed by atoms with Crippen LogP contribution in [0.3, 0.4) is 0 Å². The second-order valence-electron chi connectivity index (χ2n) is 3.32. The molecule has 1 N–H and O–H groups in total. The Labute approximate surface area is 89.0 Å². The van der Waals surface area contributed by atoms with Crippen molar-refractivity contribution in [1.29, 1.82) is 0 Å². The monoisotopic (exact) mass is 206 g/mol. The molecule has 1 rings (SSSR count). The van der Waals surface area contributed by atoms with Crippen molar-refractivity contribution in [1.82, 2.24) is 0 Å². The molecule has 0 aliphatic rings. The van der Waals surface area contributed by atoms with E-state index in [-0.39, 0.29) is 6.61 Å². The van der Waals surface area contributed by atoms with Crippen molar-refractivity contribution in [2.75, 3.05) is 6.61 Å². The lowest BCUT2D eigenvalue weighted by Crippen LogP contribution is -1.98. The first kappa shape index (κ1) is 11.3. The molecule has 0 unspecified atom stereocenters. The molecule has 0 amide bonds. The number of benzene rings is 1. The summed E-state index contributed by atoms with van der Waals surface area (Å²) in [5.74, 6) is 0. The molecule has 15 heavy (non-hydrogen) atoms. The summed E-state index contributed by atoms with van der Waals surface area (Å²) in [5.41, 5.74) is 3.51. The molecule has 1 aromatic carbocycles. The minimum Gasteiger partial charge on any atom is -0.450 e. The normalized spacial score (nSPS) is 10.5. The zero-order valence-corrected chi connectivity index (χ0v) is 8.86. The summed E-state index contributed by atoms with van der Waals surface area (Å²) in [6, 6.07) is 6.07. The van der Waals surface area contributed by atoms with Gasteiger partial charge in [0.2, 0.25) is 0 Å². The Bertz CT molecular complexity index is 380. The third-order valence-electron chi connectivity index (χ3n) is 2.14. The molecule has 0 aliphatic carbocycles. The van der Waals surface area contributed by atoms with E-state index in [9.17, 15) is 4.79 Å². The standard InChI is InChI=1S/C12H14O3/c1-9-5-6-11(8-10(9)2)4-3-7-15-12(13)14/h3-6,8H,7H2,1-2H3,(H,13,14). The second kappa shape index (κ2) is 5.20. The highest BCUT2D eigenvalue weighted by molar-refractivity contribution is 5.57. The molecule has 0 heterocycles. The SMILES string of the molecule is Cc1ccc(C=CCOC(=O)O)cc1C. The van der Waals surface area contributed by atoms with Gasteiger partial charge in [-0.15, -0.1) is 0 Å². The summed E-state index contributed by atoms with van der Waals surface area (Å²) < 4.78 is 4.35. The highest BCUT2D eigenvalue weighted by atomic mass is 16.7. The molecule has 1 aromatic rings. The van der Waals surface area contributed by atoms with Gasteiger partial charge in [0.1, 0.15) is 6.61 Å². The lowest BCUT2D eigenvalue weighted by atomic mass is 10.1. The smallest absolute Gasteiger partial charge is 0.450 e. The number of aryl methyl sites for hydroxylation is 2. The number of carbonyl (C=O) groups is 1. The Balaban J connectivity index is 2.57. The lowest BCUT2D eigenvalue weighted by molar-refractivity contribution is 0.102. The molecule has 0 saturated heterocycles. The fourth-order valence-electron chi connectivity index (χ4n) is 1.17. The highest BCUT2D eigenvalue weighted by Gasteiger charge is 1.93. The molecule has 3 nitrogen and oxygen atoms in total. The number of ether oxygens (including phenoxy) is 1. The minimum atomic E-state index is -1.25. The van der Waals surface area contributed by atoms with Crippen molar-refractivity contribution in [3.05, 3.63) is 41.0 Å². The van der Waals surface area contributed by atoms with Crippen LogP contribution >= 0.6 is 0 Å². The molecule has 0 aromatic heterocycles. The van der Waals surface area contributed by atoms with Crippen LogP contribution in [0.15, 0.2) is 24.3 Å². The zero-order chi connectivity index (χ0) is 11.3. The highest BCUT2D eigenvalue weighted by Crippen LogP contribution is 2.10. The molecular weight excluding hydrogens is 192 g/mol. The van der Waals surface area contributed by atoms with Gasteiger partial charge in [-0.05, 0) is 36.6 Å². The van der Waals surface area contributed by atoms with Gasteiger partial charge < -0.3 is 9.84 Å². The molecule has 0 radical (unpaired) electrons. The van der Waals surface area contributed by atoms with Crippen LogP contribution in [0.5, 0.6) is 0 Å². The zero-order valence-electron chi connectivity index (χ0n) is 8.86. The van der Waals surface area contributed by atoms with Crippen molar-refractivity contribution in [3.63, 3.8) is 0 Å². The molecule has 0 bridgehead atoms. The average Bonchev–Trinajstić information content (AvgIpc) is 2.18. The van der Waals surface area contributed by atoms with Crippen molar-refractivity contribution >= 4 is 12.2 Å². The summed E-state index contributed by atoms with van der Waals surface area (Å²) in [5, 5.41) is 8.24. The van der Waals surface area contributed by atoms with Crippen LogP contribution in [-0.4, -0.2) is 17.9 Å². The fraction of sp³-hybridized carbons (Fsp3) is 0.250. The topological polar surface area (TPSA) is 46.5 Å². The average molecular weight is 206 g/mol. The van der Waals surface area contributed by atoms with Gasteiger partial charge in [-0.2, -0.15) is 0 Å². The number of rotatable bonds is 3. The van der Waals surface area contributed by atoms with E-state index < -0.39 is 6.16 Å². The van der Waals surface area contributed by atoms with E-state index in [1.165, 1.54) is 11.1 Å². The molecule has 0 spiro atoms. The van der Waals surface area contributed by atoms with Crippen LogP contribution in [0.2, 0.25) is 0 Å². The summed E-state index contributed by atoms with van der Waals surface area (Å²) in [4.78, 5) is 10.1. The predicted octanol–water partition coefficient (Wildman–Crippen LogP) is 3.01. The molecule has 80 valence electrons. The van der Waals surface area contributed by atoms with Gasteiger partial charge >= 0.3 is 6.16 Å². The van der Waals surface area contributed by atoms with Crippen LogP contribution in [-0.2, 0) is 4.74 Å². The molecule has 0 saturated carbocycles. The van der Waals surface area contributed by atoms with Crippen LogP contribution in [0.4, 0.5) is 4.79 Å². The van der Waals surface area contributed by atoms with Crippen LogP contribution < -0.4 is 0 Å². The van der Waals surface area contributed by atoms with Crippen molar-refractivity contribution in [2.45, 2.75) is 13.8 Å². The van der Waals surface area contributed by atoms with E-state index in [1.807, 2.05) is 31.2 Å². The van der Waals surface area contributed by atoms with Gasteiger partial charge in [0.15, 0.2) is 0 Å². The maximum atomic E-state index is 10.1. The first-order valence-electron chi connectivity index (χ1n) is 4.69. The molecule has 0 fully saturated rings. The molecular formula is C12H14O3. The van der Waals surface area contributed by atoms with Gasteiger partial charge in [0, 0.05) is 0 Å². The second-order valence-corrected chi connectivity index (χ2v) is 3.32. The predicted molar refractivity (Wildman–Crippen MR) is 58.9 cm³/mol. The van der Waals surface area contributed by atoms with Crippen LogP contribution in [0.1, 0.15) is 16.7 Å². The van der Waals surface area contributed by atoms with Gasteiger partial charge in [-0.3, -0.25) is 0 Å². The Morgan fingerprint density at radius 1 is 1.40 bits per heavy atom. The van der Waals surface area contributed by atoms with E-state index in [2.05, 4.69) is 11.7 Å². The number of carboxylic acid groups (broad SMARTS) is 1. The Kier molecular flexibility index (Phi) is 3.92. The van der Waals surface area contributed by atoms with Crippen molar-refractivity contribution in [3.8, 4) is 0 Å². The molecule has 0 aliphatic heterocycles. The Morgan fingerprint density at radius 3 is 2.73 bits per heavy atom. The van der Waals surface area contributed by atoms with Gasteiger partial charge in [0.25, 0.3) is 0 Å². The quantitative estimate of drug-likeness (QED) is 0.773. The first-order chi connectivity index (χ1) is 7.09. The minimum absolute atomic E-state index is 0.0856. The third kappa shape index (κ3) is 3.85. The van der Waals surface area contributed by atoms with Crippen LogP contribution in [0.25, 0.3) is 6.08 Å². The largest absolute Gasteiger partial charge is 0.506 e. The summed E-state index contributed by atoms with van der Waals surface area (Å²) in [6.45, 7) is 4.18. The maximum absolute atomic E-state index is 10.1. The first-order valence-corrected chi connectivity index (χ1v) is 4.69. The van der Waals surface area contributed by atoms with E-state index in [1.54, 1.807) is 6.08 Å².